The number of alkyl halides is 3. The molecule has 1 aromatic rings. The Morgan fingerprint density at radius 2 is 1.89 bits per heavy atom. The molecular formula is C12H15F3N4. The maximum Gasteiger partial charge on any atom is 0.393 e. The molecule has 104 valence electrons. The van der Waals surface area contributed by atoms with Crippen LogP contribution in [-0.2, 0) is 0 Å². The number of halogens is 3. The first-order valence-corrected chi connectivity index (χ1v) is 6.38. The number of anilines is 1. The van der Waals surface area contributed by atoms with Gasteiger partial charge in [0, 0.05) is 32.1 Å². The van der Waals surface area contributed by atoms with Gasteiger partial charge >= 0.3 is 6.18 Å². The van der Waals surface area contributed by atoms with Crippen molar-refractivity contribution in [2.45, 2.75) is 18.5 Å². The molecule has 0 aromatic carbocycles. The molecule has 2 aliphatic heterocycles. The Morgan fingerprint density at radius 1 is 1.21 bits per heavy atom. The van der Waals surface area contributed by atoms with Gasteiger partial charge in [-0.25, -0.2) is 9.97 Å². The van der Waals surface area contributed by atoms with E-state index in [9.17, 15) is 13.2 Å². The molecular weight excluding hydrogens is 257 g/mol. The van der Waals surface area contributed by atoms with Gasteiger partial charge in [0.25, 0.3) is 0 Å². The van der Waals surface area contributed by atoms with Gasteiger partial charge in [0.15, 0.2) is 0 Å². The van der Waals surface area contributed by atoms with Crippen LogP contribution in [0.3, 0.4) is 0 Å². The van der Waals surface area contributed by atoms with Gasteiger partial charge in [0.05, 0.1) is 24.0 Å². The maximum absolute atomic E-state index is 12.6. The van der Waals surface area contributed by atoms with Crippen molar-refractivity contribution in [1.29, 1.82) is 0 Å². The zero-order chi connectivity index (χ0) is 13.5. The summed E-state index contributed by atoms with van der Waals surface area (Å²) in [5.74, 6) is -0.118. The Balaban J connectivity index is 1.66. The molecule has 0 spiro atoms. The second-order valence-corrected chi connectivity index (χ2v) is 5.13. The summed E-state index contributed by atoms with van der Waals surface area (Å²) in [7, 11) is 0. The van der Waals surface area contributed by atoms with Gasteiger partial charge in [-0.2, -0.15) is 13.2 Å². The van der Waals surface area contributed by atoms with Crippen molar-refractivity contribution >= 4 is 5.69 Å². The molecule has 0 aliphatic carbocycles. The molecule has 3 rings (SSSR count). The summed E-state index contributed by atoms with van der Waals surface area (Å²) in [5.41, 5.74) is 0.683. The summed E-state index contributed by atoms with van der Waals surface area (Å²) in [4.78, 5) is 10.2. The van der Waals surface area contributed by atoms with E-state index in [4.69, 9.17) is 0 Å². The lowest BCUT2D eigenvalue weighted by Crippen LogP contribution is -2.40. The molecule has 0 saturated carbocycles. The standard InChI is InChI=1S/C12H15F3N4/c13-12(14,15)9-1-2-19(7-9)10-5-17-11(18-6-10)8-3-16-4-8/h5-6,8-9,16H,1-4,7H2. The lowest BCUT2D eigenvalue weighted by atomic mass is 10.0. The predicted molar refractivity (Wildman–Crippen MR) is 64.0 cm³/mol. The van der Waals surface area contributed by atoms with Crippen LogP contribution in [0.1, 0.15) is 18.2 Å². The highest BCUT2D eigenvalue weighted by molar-refractivity contribution is 5.43. The molecule has 2 aliphatic rings. The average molecular weight is 272 g/mol. The molecule has 2 fully saturated rings. The van der Waals surface area contributed by atoms with Gasteiger partial charge in [-0.1, -0.05) is 0 Å². The zero-order valence-corrected chi connectivity index (χ0v) is 10.3. The molecule has 1 atom stereocenters. The Morgan fingerprint density at radius 3 is 2.37 bits per heavy atom. The second kappa shape index (κ2) is 4.63. The molecule has 1 N–H and O–H groups in total. The first kappa shape index (κ1) is 12.7. The van der Waals surface area contributed by atoms with Crippen molar-refractivity contribution < 1.29 is 13.2 Å². The topological polar surface area (TPSA) is 41.1 Å². The van der Waals surface area contributed by atoms with E-state index in [0.29, 0.717) is 18.2 Å². The Labute approximate surface area is 109 Å². The molecule has 7 heteroatoms. The van der Waals surface area contributed by atoms with Gasteiger partial charge in [0.1, 0.15) is 5.82 Å². The first-order valence-electron chi connectivity index (χ1n) is 6.38. The van der Waals surface area contributed by atoms with Crippen LogP contribution in [0.15, 0.2) is 12.4 Å². The van der Waals surface area contributed by atoms with Crippen molar-refractivity contribution in [3.05, 3.63) is 18.2 Å². The van der Waals surface area contributed by atoms with Crippen LogP contribution in [0.4, 0.5) is 18.9 Å². The summed E-state index contributed by atoms with van der Waals surface area (Å²) in [6.45, 7) is 2.17. The van der Waals surface area contributed by atoms with Crippen LogP contribution in [-0.4, -0.2) is 42.3 Å². The van der Waals surface area contributed by atoms with Gasteiger partial charge in [-0.15, -0.1) is 0 Å². The molecule has 2 saturated heterocycles. The fourth-order valence-electron chi connectivity index (χ4n) is 2.44. The first-order chi connectivity index (χ1) is 9.04. The zero-order valence-electron chi connectivity index (χ0n) is 10.3. The fraction of sp³-hybridized carbons (Fsp3) is 0.667. The van der Waals surface area contributed by atoms with E-state index >= 15 is 0 Å². The molecule has 4 nitrogen and oxygen atoms in total. The largest absolute Gasteiger partial charge is 0.393 e. The molecule has 1 aromatic heterocycles. The minimum absolute atomic E-state index is 0.0111. The van der Waals surface area contributed by atoms with Crippen LogP contribution < -0.4 is 10.2 Å². The van der Waals surface area contributed by atoms with Crippen LogP contribution in [0, 0.1) is 5.92 Å². The predicted octanol–water partition coefficient (Wildman–Crippen LogP) is 1.55. The number of hydrogen-bond acceptors (Lipinski definition) is 4. The van der Waals surface area contributed by atoms with Gasteiger partial charge < -0.3 is 10.2 Å². The highest BCUT2D eigenvalue weighted by atomic mass is 19.4. The molecule has 3 heterocycles. The molecule has 0 bridgehead atoms. The van der Waals surface area contributed by atoms with Crippen LogP contribution in [0.5, 0.6) is 0 Å². The van der Waals surface area contributed by atoms with E-state index in [1.165, 1.54) is 0 Å². The Bertz CT molecular complexity index is 441. The maximum atomic E-state index is 12.6. The van der Waals surface area contributed by atoms with Crippen LogP contribution in [0.2, 0.25) is 0 Å². The van der Waals surface area contributed by atoms with E-state index in [0.717, 1.165) is 18.9 Å². The summed E-state index contributed by atoms with van der Waals surface area (Å²) in [5, 5.41) is 3.14. The number of nitrogens with zero attached hydrogens (tertiary/aromatic N) is 3. The van der Waals surface area contributed by atoms with Crippen LogP contribution in [0.25, 0.3) is 0 Å². The van der Waals surface area contributed by atoms with Crippen molar-refractivity contribution in [3.8, 4) is 0 Å². The third-order valence-electron chi connectivity index (χ3n) is 3.82. The van der Waals surface area contributed by atoms with Crippen molar-refractivity contribution in [2.24, 2.45) is 5.92 Å². The van der Waals surface area contributed by atoms with Crippen molar-refractivity contribution in [3.63, 3.8) is 0 Å². The molecule has 0 amide bonds. The Hall–Kier alpha value is -1.37. The normalized spacial score (nSPS) is 24.6. The number of hydrogen-bond donors (Lipinski definition) is 1. The lowest BCUT2D eigenvalue weighted by molar-refractivity contribution is -0.168. The third-order valence-corrected chi connectivity index (χ3v) is 3.82. The van der Waals surface area contributed by atoms with Crippen molar-refractivity contribution in [1.82, 2.24) is 15.3 Å². The fourth-order valence-corrected chi connectivity index (χ4v) is 2.44. The molecule has 0 radical (unpaired) electrons. The van der Waals surface area contributed by atoms with Gasteiger partial charge in [-0.05, 0) is 6.42 Å². The van der Waals surface area contributed by atoms with E-state index in [2.05, 4.69) is 15.3 Å². The van der Waals surface area contributed by atoms with E-state index < -0.39 is 12.1 Å². The number of aromatic nitrogens is 2. The van der Waals surface area contributed by atoms with Gasteiger partial charge in [-0.3, -0.25) is 0 Å². The summed E-state index contributed by atoms with van der Waals surface area (Å²) in [6.07, 6.45) is -0.677. The quantitative estimate of drug-likeness (QED) is 0.887. The highest BCUT2D eigenvalue weighted by Gasteiger charge is 2.43. The van der Waals surface area contributed by atoms with E-state index in [1.54, 1.807) is 17.3 Å². The summed E-state index contributed by atoms with van der Waals surface area (Å²) < 4.78 is 37.8. The minimum atomic E-state index is -4.10. The lowest BCUT2D eigenvalue weighted by Gasteiger charge is -2.26. The summed E-state index contributed by atoms with van der Waals surface area (Å²) >= 11 is 0. The Kier molecular flexibility index (Phi) is 3.08. The van der Waals surface area contributed by atoms with E-state index in [-0.39, 0.29) is 13.0 Å². The SMILES string of the molecule is FC(F)(F)C1CCN(c2cnc(C3CNC3)nc2)C1. The highest BCUT2D eigenvalue weighted by Crippen LogP contribution is 2.35. The van der Waals surface area contributed by atoms with Crippen LogP contribution >= 0.6 is 0 Å². The smallest absolute Gasteiger partial charge is 0.368 e. The van der Waals surface area contributed by atoms with Crippen molar-refractivity contribution in [2.75, 3.05) is 31.1 Å². The monoisotopic (exact) mass is 272 g/mol. The molecule has 19 heavy (non-hydrogen) atoms. The minimum Gasteiger partial charge on any atom is -0.368 e. The summed E-state index contributed by atoms with van der Waals surface area (Å²) in [6, 6.07) is 0. The average Bonchev–Trinajstić information content (AvgIpc) is 2.76. The number of nitrogens with one attached hydrogen (secondary N) is 1. The van der Waals surface area contributed by atoms with Gasteiger partial charge in [0.2, 0.25) is 0 Å². The third kappa shape index (κ3) is 2.51. The molecule has 1 unspecified atom stereocenters. The second-order valence-electron chi connectivity index (χ2n) is 5.13. The van der Waals surface area contributed by atoms with E-state index in [1.807, 2.05) is 0 Å². The number of rotatable bonds is 2.